The van der Waals surface area contributed by atoms with Crippen molar-refractivity contribution in [3.8, 4) is 5.75 Å². The molecule has 2 bridgehead atoms. The van der Waals surface area contributed by atoms with Gasteiger partial charge in [0, 0.05) is 5.02 Å². The number of carbonyl (C=O) groups excluding carboxylic acids is 3. The zero-order valence-corrected chi connectivity index (χ0v) is 14.8. The Balaban J connectivity index is 1.24. The van der Waals surface area contributed by atoms with Gasteiger partial charge >= 0.3 is 0 Å². The molecule has 0 spiro atoms. The van der Waals surface area contributed by atoms with Gasteiger partial charge in [0.2, 0.25) is 17.7 Å². The number of ether oxygens (including phenoxy) is 1. The highest BCUT2D eigenvalue weighted by Crippen LogP contribution is 2.52. The first kappa shape index (κ1) is 17.1. The summed E-state index contributed by atoms with van der Waals surface area (Å²) in [5.74, 6) is -0.327. The molecule has 7 heteroatoms. The molecule has 2 aliphatic carbocycles. The Morgan fingerprint density at radius 3 is 2.35 bits per heavy atom. The lowest BCUT2D eigenvalue weighted by atomic mass is 9.85. The minimum atomic E-state index is -0.355. The molecule has 1 heterocycles. The van der Waals surface area contributed by atoms with Gasteiger partial charge in [-0.1, -0.05) is 23.8 Å². The van der Waals surface area contributed by atoms with E-state index in [9.17, 15) is 14.4 Å². The Morgan fingerprint density at radius 1 is 1.12 bits per heavy atom. The molecule has 4 rings (SSSR count). The Labute approximate surface area is 156 Å². The average Bonchev–Trinajstić information content (AvgIpc) is 3.30. The molecule has 3 amide bonds. The molecule has 0 unspecified atom stereocenters. The number of rotatable bonds is 6. The second-order valence-electron chi connectivity index (χ2n) is 6.91. The molecule has 0 radical (unpaired) electrons. The lowest BCUT2D eigenvalue weighted by Crippen LogP contribution is -2.42. The Morgan fingerprint density at radius 2 is 1.73 bits per heavy atom. The molecule has 1 aromatic carbocycles. The first-order valence-corrected chi connectivity index (χ1v) is 9.11. The standard InChI is InChI=1S/C19H19ClN2O4/c20-13-3-5-14(6-4-13)26-8-7-21-15(23)10-22-18(24)16-11-1-2-12(9-11)17(16)19(22)25/h1-6,11-12,16-17H,7-10H2,(H,21,23)/t11-,12-,16-,17+/m0/s1. The highest BCUT2D eigenvalue weighted by molar-refractivity contribution is 6.30. The topological polar surface area (TPSA) is 75.7 Å². The summed E-state index contributed by atoms with van der Waals surface area (Å²) >= 11 is 5.80. The van der Waals surface area contributed by atoms with Crippen LogP contribution >= 0.6 is 11.6 Å². The number of carbonyl (C=O) groups is 3. The van der Waals surface area contributed by atoms with Crippen LogP contribution < -0.4 is 10.1 Å². The molecule has 1 saturated carbocycles. The van der Waals surface area contributed by atoms with Gasteiger partial charge in [0.05, 0.1) is 18.4 Å². The summed E-state index contributed by atoms with van der Waals surface area (Å²) in [5, 5.41) is 3.31. The third-order valence-electron chi connectivity index (χ3n) is 5.37. The van der Waals surface area contributed by atoms with Crippen molar-refractivity contribution in [2.75, 3.05) is 19.7 Å². The van der Waals surface area contributed by atoms with E-state index in [0.717, 1.165) is 11.3 Å². The van der Waals surface area contributed by atoms with Crippen LogP contribution in [0.5, 0.6) is 5.75 Å². The number of fused-ring (bicyclic) bond motifs is 5. The van der Waals surface area contributed by atoms with E-state index in [1.165, 1.54) is 0 Å². The zero-order chi connectivity index (χ0) is 18.3. The Bertz CT molecular complexity index is 746. The fourth-order valence-electron chi connectivity index (χ4n) is 4.21. The summed E-state index contributed by atoms with van der Waals surface area (Å²) in [6.45, 7) is 0.358. The van der Waals surface area contributed by atoms with Crippen molar-refractivity contribution in [3.05, 3.63) is 41.4 Å². The molecule has 1 N–H and O–H groups in total. The van der Waals surface area contributed by atoms with E-state index in [-0.39, 0.29) is 61.1 Å². The van der Waals surface area contributed by atoms with E-state index in [2.05, 4.69) is 5.32 Å². The van der Waals surface area contributed by atoms with E-state index >= 15 is 0 Å². The normalized spacial score (nSPS) is 28.6. The number of allylic oxidation sites excluding steroid dienone is 2. The van der Waals surface area contributed by atoms with Gasteiger partial charge in [-0.3, -0.25) is 19.3 Å². The van der Waals surface area contributed by atoms with Crippen molar-refractivity contribution in [1.82, 2.24) is 10.2 Å². The fourth-order valence-corrected chi connectivity index (χ4v) is 4.34. The smallest absolute Gasteiger partial charge is 0.240 e. The third-order valence-corrected chi connectivity index (χ3v) is 5.62. The van der Waals surface area contributed by atoms with Crippen molar-refractivity contribution in [3.63, 3.8) is 0 Å². The number of amides is 3. The lowest BCUT2D eigenvalue weighted by molar-refractivity contribution is -0.144. The molecule has 136 valence electrons. The molecule has 1 aliphatic heterocycles. The number of imide groups is 1. The summed E-state index contributed by atoms with van der Waals surface area (Å²) in [4.78, 5) is 38.3. The fraction of sp³-hybridized carbons (Fsp3) is 0.421. The van der Waals surface area contributed by atoms with Gasteiger partial charge in [-0.05, 0) is 42.5 Å². The molecule has 3 aliphatic rings. The Kier molecular flexibility index (Phi) is 4.44. The summed E-state index contributed by atoms with van der Waals surface area (Å²) < 4.78 is 5.49. The highest BCUT2D eigenvalue weighted by Gasteiger charge is 2.59. The van der Waals surface area contributed by atoms with Crippen LogP contribution in [0.2, 0.25) is 5.02 Å². The number of hydrogen-bond donors (Lipinski definition) is 1. The van der Waals surface area contributed by atoms with Gasteiger partial charge in [-0.15, -0.1) is 0 Å². The lowest BCUT2D eigenvalue weighted by Gasteiger charge is -2.16. The van der Waals surface area contributed by atoms with Crippen LogP contribution in [-0.2, 0) is 14.4 Å². The van der Waals surface area contributed by atoms with Crippen LogP contribution in [0.4, 0.5) is 0 Å². The molecule has 26 heavy (non-hydrogen) atoms. The molecular weight excluding hydrogens is 356 g/mol. The van der Waals surface area contributed by atoms with Crippen molar-refractivity contribution >= 4 is 29.3 Å². The maximum atomic E-state index is 12.5. The zero-order valence-electron chi connectivity index (χ0n) is 14.1. The van der Waals surface area contributed by atoms with Crippen molar-refractivity contribution in [1.29, 1.82) is 0 Å². The molecule has 2 fully saturated rings. The summed E-state index contributed by atoms with van der Waals surface area (Å²) in [5.41, 5.74) is 0. The number of halogens is 1. The average molecular weight is 375 g/mol. The highest BCUT2D eigenvalue weighted by atomic mass is 35.5. The second kappa shape index (κ2) is 6.76. The van der Waals surface area contributed by atoms with Gasteiger partial charge in [0.25, 0.3) is 0 Å². The van der Waals surface area contributed by atoms with Crippen LogP contribution in [0.25, 0.3) is 0 Å². The van der Waals surface area contributed by atoms with Crippen molar-refractivity contribution in [2.24, 2.45) is 23.7 Å². The third kappa shape index (κ3) is 2.98. The first-order valence-electron chi connectivity index (χ1n) is 8.73. The Hall–Kier alpha value is -2.34. The van der Waals surface area contributed by atoms with Gasteiger partial charge in [0.15, 0.2) is 0 Å². The maximum absolute atomic E-state index is 12.5. The van der Waals surface area contributed by atoms with E-state index in [4.69, 9.17) is 16.3 Å². The van der Waals surface area contributed by atoms with Gasteiger partial charge in [-0.2, -0.15) is 0 Å². The van der Waals surface area contributed by atoms with Gasteiger partial charge < -0.3 is 10.1 Å². The molecule has 6 nitrogen and oxygen atoms in total. The van der Waals surface area contributed by atoms with Gasteiger partial charge in [0.1, 0.15) is 18.9 Å². The first-order chi connectivity index (χ1) is 12.5. The van der Waals surface area contributed by atoms with Crippen LogP contribution in [-0.4, -0.2) is 42.3 Å². The summed E-state index contributed by atoms with van der Waals surface area (Å²) in [6.07, 6.45) is 4.96. The molecule has 1 saturated heterocycles. The quantitative estimate of drug-likeness (QED) is 0.466. The molecular formula is C19H19ClN2O4. The minimum absolute atomic E-state index is 0.155. The number of hydrogen-bond acceptors (Lipinski definition) is 4. The van der Waals surface area contributed by atoms with Crippen molar-refractivity contribution < 1.29 is 19.1 Å². The van der Waals surface area contributed by atoms with Crippen molar-refractivity contribution in [2.45, 2.75) is 6.42 Å². The number of nitrogens with one attached hydrogen (secondary N) is 1. The monoisotopic (exact) mass is 374 g/mol. The van der Waals surface area contributed by atoms with Crippen LogP contribution in [0.3, 0.4) is 0 Å². The molecule has 1 aromatic rings. The maximum Gasteiger partial charge on any atom is 0.240 e. The van der Waals surface area contributed by atoms with E-state index in [1.54, 1.807) is 24.3 Å². The van der Waals surface area contributed by atoms with E-state index in [1.807, 2.05) is 12.2 Å². The molecule has 0 aromatic heterocycles. The number of nitrogens with zero attached hydrogens (tertiary/aromatic N) is 1. The van der Waals surface area contributed by atoms with Gasteiger partial charge in [-0.25, -0.2) is 0 Å². The van der Waals surface area contributed by atoms with Crippen LogP contribution in [0, 0.1) is 23.7 Å². The van der Waals surface area contributed by atoms with E-state index < -0.39 is 0 Å². The predicted octanol–water partition coefficient (Wildman–Crippen LogP) is 1.64. The number of benzene rings is 1. The van der Waals surface area contributed by atoms with E-state index in [0.29, 0.717) is 10.8 Å². The largest absolute Gasteiger partial charge is 0.492 e. The summed E-state index contributed by atoms with van der Waals surface area (Å²) in [6, 6.07) is 6.93. The predicted molar refractivity (Wildman–Crippen MR) is 94.4 cm³/mol. The minimum Gasteiger partial charge on any atom is -0.492 e. The number of likely N-dealkylation sites (tertiary alicyclic amines) is 1. The van der Waals surface area contributed by atoms with Crippen LogP contribution in [0.15, 0.2) is 36.4 Å². The molecule has 4 atom stereocenters. The SMILES string of the molecule is O=C(CN1C(=O)[C@@H]2[C@H](C1=O)[C@H]1C=C[C@H]2C1)NCCOc1ccc(Cl)cc1. The second-order valence-corrected chi connectivity index (χ2v) is 7.35. The summed E-state index contributed by atoms with van der Waals surface area (Å²) in [7, 11) is 0. The van der Waals surface area contributed by atoms with Crippen LogP contribution in [0.1, 0.15) is 6.42 Å².